The first kappa shape index (κ1) is 20.9. The van der Waals surface area contributed by atoms with E-state index in [1.807, 2.05) is 55.5 Å². The van der Waals surface area contributed by atoms with Gasteiger partial charge in [0.05, 0.1) is 22.4 Å². The Balaban J connectivity index is 1.70. The van der Waals surface area contributed by atoms with Crippen molar-refractivity contribution in [1.29, 1.82) is 0 Å². The number of para-hydroxylation sites is 1. The highest BCUT2D eigenvalue weighted by Crippen LogP contribution is 2.34. The highest BCUT2D eigenvalue weighted by molar-refractivity contribution is 6.13. The average molecular weight is 427 g/mol. The Hall–Kier alpha value is -4.39. The Bertz CT molecular complexity index is 1370. The van der Waals surface area contributed by atoms with Crippen LogP contribution in [0.4, 0.5) is 0 Å². The second-order valence-corrected chi connectivity index (χ2v) is 7.41. The molecule has 1 aromatic heterocycles. The first-order chi connectivity index (χ1) is 15.4. The largest absolute Gasteiger partial charge is 0.494 e. The summed E-state index contributed by atoms with van der Waals surface area (Å²) in [6.07, 6.45) is 0. The van der Waals surface area contributed by atoms with E-state index in [1.54, 1.807) is 11.5 Å². The van der Waals surface area contributed by atoms with E-state index >= 15 is 0 Å². The summed E-state index contributed by atoms with van der Waals surface area (Å²) in [6.45, 7) is 3.69. The van der Waals surface area contributed by atoms with Gasteiger partial charge in [0.15, 0.2) is 0 Å². The van der Waals surface area contributed by atoms with Crippen LogP contribution in [0.5, 0.6) is 5.88 Å². The monoisotopic (exact) mass is 427 g/mol. The van der Waals surface area contributed by atoms with Crippen molar-refractivity contribution in [3.05, 3.63) is 95.1 Å². The molecule has 7 heteroatoms. The molecule has 0 atom stereocenters. The van der Waals surface area contributed by atoms with Crippen LogP contribution in [-0.2, 0) is 0 Å². The fourth-order valence-electron chi connectivity index (χ4n) is 3.63. The number of amides is 1. The summed E-state index contributed by atoms with van der Waals surface area (Å²) in [6, 6.07) is 20.9. The minimum atomic E-state index is -1.06. The summed E-state index contributed by atoms with van der Waals surface area (Å²) < 4.78 is 1.75. The van der Waals surface area contributed by atoms with Crippen LogP contribution in [0.2, 0.25) is 0 Å². The SMILES string of the molecule is C/C(=N\NC(=O)c1ccc(C(=O)O)cc1)c1c(O)n(-c2cccc(C)c2)c2ccccc12. The van der Waals surface area contributed by atoms with E-state index in [-0.39, 0.29) is 17.0 Å². The maximum Gasteiger partial charge on any atom is 0.335 e. The molecule has 0 fully saturated rings. The predicted octanol–water partition coefficient (Wildman–Crippen LogP) is 4.50. The molecule has 0 unspecified atom stereocenters. The topological polar surface area (TPSA) is 104 Å². The molecule has 0 spiro atoms. The van der Waals surface area contributed by atoms with Gasteiger partial charge in [-0.2, -0.15) is 5.10 Å². The van der Waals surface area contributed by atoms with Crippen LogP contribution in [0.1, 0.15) is 38.8 Å². The summed E-state index contributed by atoms with van der Waals surface area (Å²) in [5.41, 5.74) is 6.49. The number of rotatable bonds is 5. The molecule has 32 heavy (non-hydrogen) atoms. The molecule has 0 aliphatic heterocycles. The van der Waals surface area contributed by atoms with Crippen LogP contribution in [0.25, 0.3) is 16.6 Å². The van der Waals surface area contributed by atoms with E-state index in [1.165, 1.54) is 24.3 Å². The summed E-state index contributed by atoms with van der Waals surface area (Å²) in [5.74, 6) is -1.52. The zero-order chi connectivity index (χ0) is 22.8. The van der Waals surface area contributed by atoms with Gasteiger partial charge in [-0.3, -0.25) is 9.36 Å². The van der Waals surface area contributed by atoms with Gasteiger partial charge in [-0.1, -0.05) is 30.3 Å². The van der Waals surface area contributed by atoms with Gasteiger partial charge in [0.2, 0.25) is 5.88 Å². The number of aryl methyl sites for hydroxylation is 1. The molecule has 0 radical (unpaired) electrons. The summed E-state index contributed by atoms with van der Waals surface area (Å²) in [4.78, 5) is 23.4. The van der Waals surface area contributed by atoms with E-state index in [0.29, 0.717) is 11.3 Å². The lowest BCUT2D eigenvalue weighted by molar-refractivity contribution is 0.0696. The highest BCUT2D eigenvalue weighted by Gasteiger charge is 2.20. The highest BCUT2D eigenvalue weighted by atomic mass is 16.4. The number of nitrogens with one attached hydrogen (secondary N) is 1. The molecule has 4 rings (SSSR count). The number of hydrazone groups is 1. The predicted molar refractivity (Wildman–Crippen MR) is 123 cm³/mol. The van der Waals surface area contributed by atoms with Crippen LogP contribution in [0, 0.1) is 6.92 Å². The first-order valence-electron chi connectivity index (χ1n) is 9.94. The van der Waals surface area contributed by atoms with Gasteiger partial charge in [0.1, 0.15) is 0 Å². The Morgan fingerprint density at radius 2 is 1.62 bits per heavy atom. The van der Waals surface area contributed by atoms with Crippen LogP contribution in [0.15, 0.2) is 77.9 Å². The van der Waals surface area contributed by atoms with Gasteiger partial charge in [0, 0.05) is 16.6 Å². The van der Waals surface area contributed by atoms with E-state index in [4.69, 9.17) is 5.11 Å². The van der Waals surface area contributed by atoms with Gasteiger partial charge in [0.25, 0.3) is 5.91 Å². The van der Waals surface area contributed by atoms with Crippen LogP contribution < -0.4 is 5.43 Å². The van der Waals surface area contributed by atoms with E-state index in [2.05, 4.69) is 10.5 Å². The summed E-state index contributed by atoms with van der Waals surface area (Å²) in [7, 11) is 0. The molecule has 0 aliphatic rings. The Morgan fingerprint density at radius 1 is 0.938 bits per heavy atom. The third kappa shape index (κ3) is 3.83. The number of aromatic nitrogens is 1. The second-order valence-electron chi connectivity index (χ2n) is 7.41. The van der Waals surface area contributed by atoms with Crippen molar-refractivity contribution in [3.63, 3.8) is 0 Å². The number of nitrogens with zero attached hydrogens (tertiary/aromatic N) is 2. The van der Waals surface area contributed by atoms with Crippen molar-refractivity contribution >= 4 is 28.5 Å². The Kier molecular flexibility index (Phi) is 5.47. The zero-order valence-electron chi connectivity index (χ0n) is 17.5. The van der Waals surface area contributed by atoms with E-state index in [9.17, 15) is 14.7 Å². The molecule has 1 heterocycles. The van der Waals surface area contributed by atoms with Crippen LogP contribution in [0.3, 0.4) is 0 Å². The minimum Gasteiger partial charge on any atom is -0.494 e. The molecule has 3 N–H and O–H groups in total. The molecule has 3 aromatic carbocycles. The fourth-order valence-corrected chi connectivity index (χ4v) is 3.63. The number of aromatic hydroxyl groups is 1. The number of carboxylic acids is 1. The average Bonchev–Trinajstić information content (AvgIpc) is 3.09. The van der Waals surface area contributed by atoms with E-state index < -0.39 is 11.9 Å². The smallest absolute Gasteiger partial charge is 0.335 e. The maximum atomic E-state index is 12.4. The number of hydrogen-bond donors (Lipinski definition) is 3. The number of aromatic carboxylic acids is 1. The molecule has 160 valence electrons. The number of carbonyl (C=O) groups is 2. The summed E-state index contributed by atoms with van der Waals surface area (Å²) >= 11 is 0. The van der Waals surface area contributed by atoms with Crippen LogP contribution >= 0.6 is 0 Å². The molecule has 7 nitrogen and oxygen atoms in total. The second kappa shape index (κ2) is 8.39. The molecule has 0 saturated carbocycles. The molecule has 4 aromatic rings. The van der Waals surface area contributed by atoms with Crippen LogP contribution in [-0.4, -0.2) is 32.4 Å². The first-order valence-corrected chi connectivity index (χ1v) is 9.94. The molecule has 1 amide bonds. The zero-order valence-corrected chi connectivity index (χ0v) is 17.5. The van der Waals surface area contributed by atoms with Crippen molar-refractivity contribution in [2.75, 3.05) is 0 Å². The van der Waals surface area contributed by atoms with Crippen molar-refractivity contribution in [1.82, 2.24) is 9.99 Å². The lowest BCUT2D eigenvalue weighted by Gasteiger charge is -2.08. The Morgan fingerprint density at radius 3 is 2.31 bits per heavy atom. The molecular formula is C25H21N3O4. The molecular weight excluding hydrogens is 406 g/mol. The fraction of sp³-hybridized carbons (Fsp3) is 0.0800. The van der Waals surface area contributed by atoms with Crippen molar-refractivity contribution < 1.29 is 19.8 Å². The van der Waals surface area contributed by atoms with Gasteiger partial charge >= 0.3 is 5.97 Å². The maximum absolute atomic E-state index is 12.4. The number of carbonyl (C=O) groups excluding carboxylic acids is 1. The van der Waals surface area contributed by atoms with E-state index in [0.717, 1.165) is 22.2 Å². The van der Waals surface area contributed by atoms with Crippen molar-refractivity contribution in [2.24, 2.45) is 5.10 Å². The van der Waals surface area contributed by atoms with Gasteiger partial charge in [-0.25, -0.2) is 10.2 Å². The third-order valence-corrected chi connectivity index (χ3v) is 5.19. The summed E-state index contributed by atoms with van der Waals surface area (Å²) in [5, 5.41) is 25.1. The normalized spacial score (nSPS) is 11.5. The number of benzene rings is 3. The third-order valence-electron chi connectivity index (χ3n) is 5.19. The quantitative estimate of drug-likeness (QED) is 0.322. The number of carboxylic acid groups (broad SMARTS) is 1. The van der Waals surface area contributed by atoms with Gasteiger partial charge < -0.3 is 10.2 Å². The standard InChI is InChI=1S/C25H21N3O4/c1-15-6-5-7-19(14-15)28-21-9-4-3-8-20(21)22(24(28)30)16(2)26-27-23(29)17-10-12-18(13-11-17)25(31)32/h3-14,30H,1-2H3,(H,27,29)(H,31,32)/b26-16+. The van der Waals surface area contributed by atoms with Gasteiger partial charge in [-0.15, -0.1) is 0 Å². The molecule has 0 bridgehead atoms. The molecule has 0 aliphatic carbocycles. The van der Waals surface area contributed by atoms with Crippen molar-refractivity contribution in [3.8, 4) is 11.6 Å². The number of fused-ring (bicyclic) bond motifs is 1. The minimum absolute atomic E-state index is 0.0260. The lowest BCUT2D eigenvalue weighted by atomic mass is 10.1. The lowest BCUT2D eigenvalue weighted by Crippen LogP contribution is -2.19. The molecule has 0 saturated heterocycles. The number of hydrogen-bond acceptors (Lipinski definition) is 4. The van der Waals surface area contributed by atoms with Crippen molar-refractivity contribution in [2.45, 2.75) is 13.8 Å². The Labute approximate surface area is 184 Å². The van der Waals surface area contributed by atoms with Gasteiger partial charge in [-0.05, 0) is 61.9 Å².